The van der Waals surface area contributed by atoms with E-state index in [-0.39, 0.29) is 11.9 Å². The second-order valence-corrected chi connectivity index (χ2v) is 6.04. The molecule has 2 aromatic heterocycles. The average Bonchev–Trinajstić information content (AvgIpc) is 2.69. The molecule has 26 heavy (non-hydrogen) atoms. The van der Waals surface area contributed by atoms with E-state index in [1.54, 1.807) is 42.4 Å². The molecule has 0 spiro atoms. The minimum atomic E-state index is -0.654. The highest BCUT2D eigenvalue weighted by atomic mass is 16.2. The minimum Gasteiger partial charge on any atom is -0.353 e. The molecule has 3 heterocycles. The zero-order valence-electron chi connectivity index (χ0n) is 14.6. The van der Waals surface area contributed by atoms with Gasteiger partial charge in [0.1, 0.15) is 17.7 Å². The smallest absolute Gasteiger partial charge is 0.318 e. The van der Waals surface area contributed by atoms with Crippen molar-refractivity contribution in [1.82, 2.24) is 20.2 Å². The van der Waals surface area contributed by atoms with E-state index in [1.165, 1.54) is 0 Å². The van der Waals surface area contributed by atoms with Crippen molar-refractivity contribution < 1.29 is 9.59 Å². The Morgan fingerprint density at radius 1 is 1.00 bits per heavy atom. The van der Waals surface area contributed by atoms with Gasteiger partial charge < -0.3 is 20.4 Å². The number of aromatic nitrogens is 2. The number of rotatable bonds is 4. The number of nitrogens with one attached hydrogen (secondary N) is 2. The van der Waals surface area contributed by atoms with Crippen LogP contribution in [0.3, 0.4) is 0 Å². The summed E-state index contributed by atoms with van der Waals surface area (Å²) in [7, 11) is 0. The summed E-state index contributed by atoms with van der Waals surface area (Å²) in [4.78, 5) is 36.8. The van der Waals surface area contributed by atoms with Crippen LogP contribution in [0.4, 0.5) is 16.4 Å². The summed E-state index contributed by atoms with van der Waals surface area (Å²) in [5.74, 6) is 1.07. The molecule has 8 nitrogen and oxygen atoms in total. The molecule has 2 aromatic rings. The largest absolute Gasteiger partial charge is 0.353 e. The number of carbonyl (C=O) groups is 2. The first kappa shape index (κ1) is 17.7. The molecule has 1 fully saturated rings. The van der Waals surface area contributed by atoms with E-state index in [0.29, 0.717) is 32.0 Å². The lowest BCUT2D eigenvalue weighted by Crippen LogP contribution is -2.54. The van der Waals surface area contributed by atoms with E-state index in [9.17, 15) is 9.59 Å². The van der Waals surface area contributed by atoms with Gasteiger partial charge in [0.25, 0.3) is 0 Å². The zero-order valence-corrected chi connectivity index (χ0v) is 14.6. The van der Waals surface area contributed by atoms with Crippen LogP contribution in [-0.2, 0) is 4.79 Å². The number of pyridine rings is 2. The van der Waals surface area contributed by atoms with Gasteiger partial charge in [0.05, 0.1) is 0 Å². The van der Waals surface area contributed by atoms with E-state index in [2.05, 4.69) is 25.5 Å². The van der Waals surface area contributed by atoms with E-state index in [1.807, 2.05) is 18.2 Å². The topological polar surface area (TPSA) is 90.5 Å². The van der Waals surface area contributed by atoms with Gasteiger partial charge >= 0.3 is 6.03 Å². The van der Waals surface area contributed by atoms with Gasteiger partial charge in [-0.05, 0) is 31.2 Å². The summed E-state index contributed by atoms with van der Waals surface area (Å²) in [5.41, 5.74) is 0. The third-order valence-corrected chi connectivity index (χ3v) is 4.19. The van der Waals surface area contributed by atoms with Crippen LogP contribution < -0.4 is 15.5 Å². The number of amides is 3. The van der Waals surface area contributed by atoms with Gasteiger partial charge in [0, 0.05) is 38.6 Å². The van der Waals surface area contributed by atoms with Crippen LogP contribution in [0.1, 0.15) is 6.92 Å². The third kappa shape index (κ3) is 4.47. The normalized spacial score (nSPS) is 15.3. The molecule has 0 aliphatic carbocycles. The molecule has 8 heteroatoms. The van der Waals surface area contributed by atoms with Crippen molar-refractivity contribution in [3.63, 3.8) is 0 Å². The molecule has 1 aliphatic heterocycles. The summed E-state index contributed by atoms with van der Waals surface area (Å²) in [6.45, 7) is 4.23. The van der Waals surface area contributed by atoms with Crippen molar-refractivity contribution in [2.24, 2.45) is 0 Å². The molecular weight excluding hydrogens is 332 g/mol. The van der Waals surface area contributed by atoms with E-state index in [0.717, 1.165) is 5.82 Å². The Balaban J connectivity index is 1.47. The number of urea groups is 1. The van der Waals surface area contributed by atoms with E-state index in [4.69, 9.17) is 0 Å². The Labute approximate surface area is 152 Å². The van der Waals surface area contributed by atoms with Gasteiger partial charge in [0.2, 0.25) is 5.91 Å². The lowest BCUT2D eigenvalue weighted by Gasteiger charge is -2.35. The highest BCUT2D eigenvalue weighted by Crippen LogP contribution is 2.12. The molecule has 3 amide bonds. The summed E-state index contributed by atoms with van der Waals surface area (Å²) in [6.07, 6.45) is 3.36. The monoisotopic (exact) mass is 354 g/mol. The van der Waals surface area contributed by atoms with Gasteiger partial charge in [0.15, 0.2) is 0 Å². The average molecular weight is 354 g/mol. The highest BCUT2D eigenvalue weighted by Gasteiger charge is 2.24. The Kier molecular flexibility index (Phi) is 5.62. The van der Waals surface area contributed by atoms with Crippen molar-refractivity contribution in [2.45, 2.75) is 13.0 Å². The highest BCUT2D eigenvalue weighted by molar-refractivity contribution is 5.96. The minimum absolute atomic E-state index is 0.241. The van der Waals surface area contributed by atoms with E-state index >= 15 is 0 Å². The molecule has 0 aromatic carbocycles. The second kappa shape index (κ2) is 8.28. The Morgan fingerprint density at radius 2 is 1.69 bits per heavy atom. The molecule has 0 saturated carbocycles. The lowest BCUT2D eigenvalue weighted by molar-refractivity contribution is -0.117. The van der Waals surface area contributed by atoms with E-state index < -0.39 is 6.04 Å². The van der Waals surface area contributed by atoms with Crippen molar-refractivity contribution >= 4 is 23.6 Å². The summed E-state index contributed by atoms with van der Waals surface area (Å²) < 4.78 is 0. The van der Waals surface area contributed by atoms with Crippen molar-refractivity contribution in [3.05, 3.63) is 48.8 Å². The maximum atomic E-state index is 12.4. The molecule has 1 aliphatic rings. The molecule has 1 saturated heterocycles. The summed E-state index contributed by atoms with van der Waals surface area (Å²) in [6, 6.07) is 10.1. The van der Waals surface area contributed by atoms with Crippen molar-refractivity contribution in [1.29, 1.82) is 0 Å². The predicted molar refractivity (Wildman–Crippen MR) is 98.9 cm³/mol. The van der Waals surface area contributed by atoms with Crippen LogP contribution in [0, 0.1) is 0 Å². The van der Waals surface area contributed by atoms with Crippen molar-refractivity contribution in [3.8, 4) is 0 Å². The first-order chi connectivity index (χ1) is 12.6. The summed E-state index contributed by atoms with van der Waals surface area (Å²) >= 11 is 0. The lowest BCUT2D eigenvalue weighted by atomic mass is 10.3. The molecule has 0 radical (unpaired) electrons. The number of carbonyl (C=O) groups excluding carboxylic acids is 2. The SMILES string of the molecule is C[C@H](NC(=O)N1CCN(c2ccccn2)CC1)C(=O)Nc1ccccn1. The van der Waals surface area contributed by atoms with Gasteiger partial charge in [-0.3, -0.25) is 4.79 Å². The number of piperazine rings is 1. The molecule has 0 bridgehead atoms. The number of anilines is 2. The molecule has 2 N–H and O–H groups in total. The molecular formula is C18H22N6O2. The molecule has 3 rings (SSSR count). The number of hydrogen-bond donors (Lipinski definition) is 2. The Hall–Kier alpha value is -3.16. The van der Waals surface area contributed by atoms with Crippen LogP contribution >= 0.6 is 0 Å². The molecule has 0 unspecified atom stereocenters. The fraction of sp³-hybridized carbons (Fsp3) is 0.333. The Bertz CT molecular complexity index is 732. The van der Waals surface area contributed by atoms with Gasteiger partial charge in [-0.1, -0.05) is 12.1 Å². The van der Waals surface area contributed by atoms with Gasteiger partial charge in [-0.25, -0.2) is 14.8 Å². The van der Waals surface area contributed by atoms with Crippen LogP contribution in [-0.4, -0.2) is 59.0 Å². The van der Waals surface area contributed by atoms with Crippen LogP contribution in [0.15, 0.2) is 48.8 Å². The van der Waals surface area contributed by atoms with Gasteiger partial charge in [-0.2, -0.15) is 0 Å². The predicted octanol–water partition coefficient (Wildman–Crippen LogP) is 1.34. The second-order valence-electron chi connectivity index (χ2n) is 6.04. The fourth-order valence-electron chi connectivity index (χ4n) is 2.69. The van der Waals surface area contributed by atoms with Crippen LogP contribution in [0.5, 0.6) is 0 Å². The number of nitrogens with zero attached hydrogens (tertiary/aromatic N) is 4. The van der Waals surface area contributed by atoms with Crippen molar-refractivity contribution in [2.75, 3.05) is 36.4 Å². The van der Waals surface area contributed by atoms with Gasteiger partial charge in [-0.15, -0.1) is 0 Å². The fourth-order valence-corrected chi connectivity index (χ4v) is 2.69. The third-order valence-electron chi connectivity index (χ3n) is 4.19. The number of hydrogen-bond acceptors (Lipinski definition) is 5. The Morgan fingerprint density at radius 3 is 2.31 bits per heavy atom. The standard InChI is InChI=1S/C18H22N6O2/c1-14(17(25)22-15-6-2-4-8-19-15)21-18(26)24-12-10-23(11-13-24)16-7-3-5-9-20-16/h2-9,14H,10-13H2,1H3,(H,21,26)(H,19,22,25)/t14-/m0/s1. The summed E-state index contributed by atoms with van der Waals surface area (Å²) in [5, 5.41) is 5.42. The van der Waals surface area contributed by atoms with Crippen LogP contribution in [0.25, 0.3) is 0 Å². The van der Waals surface area contributed by atoms with Crippen LogP contribution in [0.2, 0.25) is 0 Å². The first-order valence-electron chi connectivity index (χ1n) is 8.57. The maximum Gasteiger partial charge on any atom is 0.318 e. The molecule has 136 valence electrons. The molecule has 1 atom stereocenters. The quantitative estimate of drug-likeness (QED) is 0.865. The maximum absolute atomic E-state index is 12.4. The zero-order chi connectivity index (χ0) is 18.4. The first-order valence-corrected chi connectivity index (χ1v) is 8.57.